The van der Waals surface area contributed by atoms with Gasteiger partial charge in [-0.05, 0) is 36.5 Å². The van der Waals surface area contributed by atoms with Crippen LogP contribution in [0.5, 0.6) is 0 Å². The number of furan rings is 1. The lowest BCUT2D eigenvalue weighted by Gasteiger charge is -2.06. The molecule has 27 heavy (non-hydrogen) atoms. The van der Waals surface area contributed by atoms with E-state index >= 15 is 0 Å². The van der Waals surface area contributed by atoms with Gasteiger partial charge < -0.3 is 15.1 Å². The van der Waals surface area contributed by atoms with Gasteiger partial charge in [0.15, 0.2) is 16.0 Å². The third-order valence-corrected chi connectivity index (χ3v) is 4.38. The summed E-state index contributed by atoms with van der Waals surface area (Å²) in [6.45, 7) is 1.77. The molecular weight excluding hydrogens is 384 g/mol. The molecule has 7 nitrogen and oxygen atoms in total. The van der Waals surface area contributed by atoms with Crippen LogP contribution < -0.4 is 16.0 Å². The summed E-state index contributed by atoms with van der Waals surface area (Å²) >= 11 is 6.49. The molecule has 0 saturated heterocycles. The third-order valence-electron chi connectivity index (χ3n) is 3.41. The highest BCUT2D eigenvalue weighted by atomic mass is 32.1. The Morgan fingerprint density at radius 3 is 2.70 bits per heavy atom. The molecule has 3 N–H and O–H groups in total. The SMILES string of the molecule is CC(=O)NCc1ccc(-c2csc(NC(=S)NC(=O)c3ccccc3)n2)o1. The van der Waals surface area contributed by atoms with Gasteiger partial charge in [-0.15, -0.1) is 11.3 Å². The van der Waals surface area contributed by atoms with Crippen molar-refractivity contribution in [1.29, 1.82) is 0 Å². The zero-order chi connectivity index (χ0) is 19.2. The second kappa shape index (κ2) is 8.56. The molecule has 0 saturated carbocycles. The summed E-state index contributed by atoms with van der Waals surface area (Å²) in [7, 11) is 0. The molecule has 0 bridgehead atoms. The van der Waals surface area contributed by atoms with Gasteiger partial charge in [-0.3, -0.25) is 14.9 Å². The molecule has 2 aromatic heterocycles. The molecule has 0 aliphatic heterocycles. The quantitative estimate of drug-likeness (QED) is 0.570. The zero-order valence-electron chi connectivity index (χ0n) is 14.3. The number of nitrogens with zero attached hydrogens (tertiary/aromatic N) is 1. The highest BCUT2D eigenvalue weighted by Crippen LogP contribution is 2.26. The van der Waals surface area contributed by atoms with Gasteiger partial charge in [0.1, 0.15) is 11.5 Å². The normalized spacial score (nSPS) is 10.3. The first-order chi connectivity index (χ1) is 13.0. The Bertz CT molecular complexity index is 966. The molecule has 3 aromatic rings. The van der Waals surface area contributed by atoms with Crippen molar-refractivity contribution in [2.24, 2.45) is 0 Å². The highest BCUT2D eigenvalue weighted by Gasteiger charge is 2.12. The first kappa shape index (κ1) is 18.7. The highest BCUT2D eigenvalue weighted by molar-refractivity contribution is 7.80. The van der Waals surface area contributed by atoms with Gasteiger partial charge in [0.2, 0.25) is 5.91 Å². The molecule has 0 spiro atoms. The van der Waals surface area contributed by atoms with Gasteiger partial charge in [-0.2, -0.15) is 0 Å². The van der Waals surface area contributed by atoms with Crippen molar-refractivity contribution in [2.75, 3.05) is 5.32 Å². The van der Waals surface area contributed by atoms with Crippen LogP contribution in [-0.2, 0) is 11.3 Å². The van der Waals surface area contributed by atoms with E-state index in [4.69, 9.17) is 16.6 Å². The van der Waals surface area contributed by atoms with E-state index in [0.717, 1.165) is 0 Å². The van der Waals surface area contributed by atoms with Crippen molar-refractivity contribution in [1.82, 2.24) is 15.6 Å². The van der Waals surface area contributed by atoms with Crippen LogP contribution in [0.15, 0.2) is 52.3 Å². The predicted molar refractivity (Wildman–Crippen MR) is 107 cm³/mol. The van der Waals surface area contributed by atoms with Crippen LogP contribution >= 0.6 is 23.6 Å². The molecule has 1 aromatic carbocycles. The second-order valence-corrected chi connectivity index (χ2v) is 6.75. The maximum absolute atomic E-state index is 12.1. The topological polar surface area (TPSA) is 96.3 Å². The molecule has 2 amide bonds. The maximum atomic E-state index is 12.1. The van der Waals surface area contributed by atoms with Gasteiger partial charge in [0, 0.05) is 17.9 Å². The zero-order valence-corrected chi connectivity index (χ0v) is 15.9. The standard InChI is InChI=1S/C18H16N4O3S2/c1-11(23)19-9-13-7-8-15(25-13)14-10-27-18(20-14)22-17(26)21-16(24)12-5-3-2-4-6-12/h2-8,10H,9H2,1H3,(H,19,23)(H2,20,21,22,24,26). The van der Waals surface area contributed by atoms with Crippen molar-refractivity contribution in [3.05, 3.63) is 59.2 Å². The number of carbonyl (C=O) groups is 2. The lowest BCUT2D eigenvalue weighted by atomic mass is 10.2. The minimum atomic E-state index is -0.293. The van der Waals surface area contributed by atoms with E-state index in [9.17, 15) is 9.59 Å². The van der Waals surface area contributed by atoms with E-state index < -0.39 is 0 Å². The van der Waals surface area contributed by atoms with Gasteiger partial charge in [-0.25, -0.2) is 4.98 Å². The fourth-order valence-corrected chi connectivity index (χ4v) is 3.12. The van der Waals surface area contributed by atoms with E-state index in [-0.39, 0.29) is 16.9 Å². The lowest BCUT2D eigenvalue weighted by molar-refractivity contribution is -0.119. The molecule has 0 aliphatic rings. The average molecular weight is 400 g/mol. The largest absolute Gasteiger partial charge is 0.458 e. The van der Waals surface area contributed by atoms with E-state index in [2.05, 4.69) is 20.9 Å². The number of carbonyl (C=O) groups excluding carboxylic acids is 2. The number of thiocarbonyl (C=S) groups is 1. The summed E-state index contributed by atoms with van der Waals surface area (Å²) in [4.78, 5) is 27.4. The monoisotopic (exact) mass is 400 g/mol. The molecule has 0 fully saturated rings. The lowest BCUT2D eigenvalue weighted by Crippen LogP contribution is -2.34. The molecule has 0 aliphatic carbocycles. The number of benzene rings is 1. The Balaban J connectivity index is 1.58. The summed E-state index contributed by atoms with van der Waals surface area (Å²) in [5.41, 5.74) is 1.15. The summed E-state index contributed by atoms with van der Waals surface area (Å²) in [5.74, 6) is 0.796. The van der Waals surface area contributed by atoms with E-state index in [1.54, 1.807) is 36.4 Å². The fraction of sp³-hybridized carbons (Fsp3) is 0.111. The van der Waals surface area contributed by atoms with Crippen LogP contribution in [0.25, 0.3) is 11.5 Å². The van der Waals surface area contributed by atoms with Crippen LogP contribution in [0.2, 0.25) is 0 Å². The summed E-state index contributed by atoms with van der Waals surface area (Å²) < 4.78 is 5.66. The van der Waals surface area contributed by atoms with Crippen molar-refractivity contribution < 1.29 is 14.0 Å². The van der Waals surface area contributed by atoms with Crippen molar-refractivity contribution in [3.63, 3.8) is 0 Å². The number of thiazole rings is 1. The predicted octanol–water partition coefficient (Wildman–Crippen LogP) is 3.17. The van der Waals surface area contributed by atoms with Crippen molar-refractivity contribution in [3.8, 4) is 11.5 Å². The van der Waals surface area contributed by atoms with Crippen molar-refractivity contribution >= 4 is 45.6 Å². The molecule has 0 radical (unpaired) electrons. The minimum absolute atomic E-state index is 0.126. The van der Waals surface area contributed by atoms with Crippen LogP contribution in [0.4, 0.5) is 5.13 Å². The average Bonchev–Trinajstić information content (AvgIpc) is 3.29. The van der Waals surface area contributed by atoms with Crippen molar-refractivity contribution in [2.45, 2.75) is 13.5 Å². The van der Waals surface area contributed by atoms with E-state index in [0.29, 0.717) is 34.5 Å². The van der Waals surface area contributed by atoms with Crippen LogP contribution in [0.3, 0.4) is 0 Å². The van der Waals surface area contributed by atoms with Crippen LogP contribution in [-0.4, -0.2) is 21.9 Å². The minimum Gasteiger partial charge on any atom is -0.458 e. The summed E-state index contributed by atoms with van der Waals surface area (Å²) in [6, 6.07) is 12.4. The number of nitrogens with one attached hydrogen (secondary N) is 3. The molecule has 0 atom stereocenters. The number of rotatable bonds is 5. The summed E-state index contributed by atoms with van der Waals surface area (Å²) in [5, 5.41) is 10.7. The first-order valence-corrected chi connectivity index (χ1v) is 9.26. The van der Waals surface area contributed by atoms with E-state index in [1.165, 1.54) is 18.3 Å². The van der Waals surface area contributed by atoms with Gasteiger partial charge >= 0.3 is 0 Å². The summed E-state index contributed by atoms with van der Waals surface area (Å²) in [6.07, 6.45) is 0. The molecule has 0 unspecified atom stereocenters. The Hall–Kier alpha value is -3.04. The van der Waals surface area contributed by atoms with Crippen LogP contribution in [0, 0.1) is 0 Å². The number of amides is 2. The molecule has 3 rings (SSSR count). The second-order valence-electron chi connectivity index (χ2n) is 5.49. The third kappa shape index (κ3) is 5.22. The molecule has 9 heteroatoms. The fourth-order valence-electron chi connectivity index (χ4n) is 2.16. The Morgan fingerprint density at radius 2 is 1.96 bits per heavy atom. The van der Waals surface area contributed by atoms with Gasteiger partial charge in [-0.1, -0.05) is 18.2 Å². The van der Waals surface area contributed by atoms with Crippen LogP contribution in [0.1, 0.15) is 23.0 Å². The smallest absolute Gasteiger partial charge is 0.257 e. The Labute approximate surface area is 164 Å². The molecule has 138 valence electrons. The number of hydrogen-bond donors (Lipinski definition) is 3. The first-order valence-electron chi connectivity index (χ1n) is 7.97. The number of anilines is 1. The Kier molecular flexibility index (Phi) is 5.94. The number of hydrogen-bond acceptors (Lipinski definition) is 6. The van der Waals surface area contributed by atoms with Gasteiger partial charge in [0.25, 0.3) is 5.91 Å². The molecular formula is C18H16N4O3S2. The number of aromatic nitrogens is 1. The Morgan fingerprint density at radius 1 is 1.19 bits per heavy atom. The maximum Gasteiger partial charge on any atom is 0.257 e. The van der Waals surface area contributed by atoms with E-state index in [1.807, 2.05) is 11.4 Å². The molecule has 2 heterocycles. The van der Waals surface area contributed by atoms with Gasteiger partial charge in [0.05, 0.1) is 6.54 Å².